The van der Waals surface area contributed by atoms with Crippen LogP contribution in [0.2, 0.25) is 0 Å². The number of rotatable bonds is 2. The highest BCUT2D eigenvalue weighted by atomic mass is 19.1. The van der Waals surface area contributed by atoms with E-state index in [0.29, 0.717) is 38.9 Å². The van der Waals surface area contributed by atoms with Crippen LogP contribution in [-0.4, -0.2) is 4.98 Å². The van der Waals surface area contributed by atoms with Crippen LogP contribution in [-0.2, 0) is 0 Å². The van der Waals surface area contributed by atoms with E-state index in [4.69, 9.17) is 5.26 Å². The lowest BCUT2D eigenvalue weighted by Crippen LogP contribution is -2.09. The van der Waals surface area contributed by atoms with Crippen LogP contribution in [0.5, 0.6) is 0 Å². The molecule has 0 aliphatic rings. The van der Waals surface area contributed by atoms with Gasteiger partial charge in [-0.2, -0.15) is 5.26 Å². The molecule has 0 bridgehead atoms. The Kier molecular flexibility index (Phi) is 3.83. The third-order valence-corrected chi connectivity index (χ3v) is 4.34. The van der Waals surface area contributed by atoms with E-state index in [1.165, 1.54) is 12.1 Å². The van der Waals surface area contributed by atoms with E-state index in [1.54, 1.807) is 42.5 Å². The molecule has 4 aromatic rings. The van der Waals surface area contributed by atoms with Gasteiger partial charge in [0.15, 0.2) is 5.43 Å². The first-order valence-corrected chi connectivity index (χ1v) is 8.09. The standard InChI is InChI=1S/C22H13FN2O/c23-17-11-9-16(10-12-17)21-20(15-7-5-14(13-24)6-8-15)22(26)18-3-1-2-4-19(18)25-21/h1-12H,(H,25,26). The molecule has 0 fully saturated rings. The summed E-state index contributed by atoms with van der Waals surface area (Å²) in [5.41, 5.74) is 3.68. The lowest BCUT2D eigenvalue weighted by Gasteiger charge is -2.12. The molecule has 3 nitrogen and oxygen atoms in total. The number of hydrogen-bond donors (Lipinski definition) is 1. The minimum Gasteiger partial charge on any atom is -0.354 e. The largest absolute Gasteiger partial charge is 0.354 e. The number of pyridine rings is 1. The maximum absolute atomic E-state index is 13.3. The van der Waals surface area contributed by atoms with Gasteiger partial charge in [0.2, 0.25) is 0 Å². The number of nitrogens with one attached hydrogen (secondary N) is 1. The molecule has 0 amide bonds. The molecule has 0 unspecified atom stereocenters. The molecular weight excluding hydrogens is 327 g/mol. The van der Waals surface area contributed by atoms with Gasteiger partial charge in [0.25, 0.3) is 0 Å². The van der Waals surface area contributed by atoms with Crippen LogP contribution in [0, 0.1) is 17.1 Å². The molecule has 0 saturated carbocycles. The number of fused-ring (bicyclic) bond motifs is 1. The fourth-order valence-corrected chi connectivity index (χ4v) is 3.06. The summed E-state index contributed by atoms with van der Waals surface area (Å²) in [5, 5.41) is 9.58. The quantitative estimate of drug-likeness (QED) is 0.566. The Labute approximate surface area is 149 Å². The van der Waals surface area contributed by atoms with E-state index in [9.17, 15) is 9.18 Å². The lowest BCUT2D eigenvalue weighted by molar-refractivity contribution is 0.628. The summed E-state index contributed by atoms with van der Waals surface area (Å²) >= 11 is 0. The number of benzene rings is 3. The molecule has 0 radical (unpaired) electrons. The monoisotopic (exact) mass is 340 g/mol. The zero-order valence-corrected chi connectivity index (χ0v) is 13.7. The Morgan fingerprint density at radius 1 is 0.846 bits per heavy atom. The van der Waals surface area contributed by atoms with Crippen molar-refractivity contribution in [3.05, 3.63) is 94.4 Å². The first-order chi connectivity index (χ1) is 12.7. The molecule has 0 aliphatic carbocycles. The van der Waals surface area contributed by atoms with Crippen molar-refractivity contribution >= 4 is 10.9 Å². The smallest absolute Gasteiger partial charge is 0.197 e. The van der Waals surface area contributed by atoms with Crippen molar-refractivity contribution in [2.45, 2.75) is 0 Å². The van der Waals surface area contributed by atoms with Crippen LogP contribution in [0.25, 0.3) is 33.3 Å². The molecule has 26 heavy (non-hydrogen) atoms. The third kappa shape index (κ3) is 2.66. The summed E-state index contributed by atoms with van der Waals surface area (Å²) in [5.74, 6) is -0.336. The van der Waals surface area contributed by atoms with E-state index in [1.807, 2.05) is 18.2 Å². The van der Waals surface area contributed by atoms with Crippen LogP contribution in [0.3, 0.4) is 0 Å². The second-order valence-electron chi connectivity index (χ2n) is 5.95. The Balaban J connectivity index is 2.06. The predicted octanol–water partition coefficient (Wildman–Crippen LogP) is 4.87. The lowest BCUT2D eigenvalue weighted by atomic mass is 9.96. The van der Waals surface area contributed by atoms with Crippen molar-refractivity contribution < 1.29 is 4.39 Å². The number of aromatic amines is 1. The van der Waals surface area contributed by atoms with Crippen molar-refractivity contribution in [2.24, 2.45) is 0 Å². The van der Waals surface area contributed by atoms with E-state index >= 15 is 0 Å². The molecule has 124 valence electrons. The van der Waals surface area contributed by atoms with Crippen molar-refractivity contribution in [3.63, 3.8) is 0 Å². The zero-order chi connectivity index (χ0) is 18.1. The molecule has 1 heterocycles. The van der Waals surface area contributed by atoms with Gasteiger partial charge in [-0.3, -0.25) is 4.79 Å². The summed E-state index contributed by atoms with van der Waals surface area (Å²) in [4.78, 5) is 16.5. The molecule has 0 spiro atoms. The van der Waals surface area contributed by atoms with Gasteiger partial charge in [0.05, 0.1) is 22.9 Å². The fraction of sp³-hybridized carbons (Fsp3) is 0. The first kappa shape index (κ1) is 15.8. The van der Waals surface area contributed by atoms with Gasteiger partial charge < -0.3 is 4.98 Å². The number of para-hydroxylation sites is 1. The molecule has 4 heteroatoms. The van der Waals surface area contributed by atoms with E-state index in [0.717, 1.165) is 0 Å². The summed E-state index contributed by atoms with van der Waals surface area (Å²) < 4.78 is 13.3. The molecule has 4 rings (SSSR count). The van der Waals surface area contributed by atoms with E-state index < -0.39 is 0 Å². The van der Waals surface area contributed by atoms with Gasteiger partial charge in [-0.1, -0.05) is 24.3 Å². The maximum Gasteiger partial charge on any atom is 0.197 e. The van der Waals surface area contributed by atoms with Gasteiger partial charge in [-0.15, -0.1) is 0 Å². The second kappa shape index (κ2) is 6.30. The van der Waals surface area contributed by atoms with Crippen LogP contribution in [0.4, 0.5) is 4.39 Å². The molecule has 0 atom stereocenters. The highest BCUT2D eigenvalue weighted by Gasteiger charge is 2.15. The summed E-state index contributed by atoms with van der Waals surface area (Å²) in [6.07, 6.45) is 0. The first-order valence-electron chi connectivity index (χ1n) is 8.09. The number of nitriles is 1. The molecular formula is C22H13FN2O. The van der Waals surface area contributed by atoms with Crippen molar-refractivity contribution in [2.75, 3.05) is 0 Å². The summed E-state index contributed by atoms with van der Waals surface area (Å²) in [6.45, 7) is 0. The van der Waals surface area contributed by atoms with E-state index in [2.05, 4.69) is 11.1 Å². The topological polar surface area (TPSA) is 56.6 Å². The summed E-state index contributed by atoms with van der Waals surface area (Å²) in [6, 6.07) is 22.2. The van der Waals surface area contributed by atoms with Gasteiger partial charge in [0, 0.05) is 10.9 Å². The SMILES string of the molecule is N#Cc1ccc(-c2c(-c3ccc(F)cc3)[nH]c3ccccc3c2=O)cc1. The molecule has 1 N–H and O–H groups in total. The highest BCUT2D eigenvalue weighted by molar-refractivity contribution is 5.91. The fourth-order valence-electron chi connectivity index (χ4n) is 3.06. The Morgan fingerprint density at radius 3 is 2.19 bits per heavy atom. The summed E-state index contributed by atoms with van der Waals surface area (Å²) in [7, 11) is 0. The number of aromatic nitrogens is 1. The molecule has 3 aromatic carbocycles. The minimum atomic E-state index is -0.336. The van der Waals surface area contributed by atoms with E-state index in [-0.39, 0.29) is 11.2 Å². The molecule has 1 aromatic heterocycles. The number of nitrogens with zero attached hydrogens (tertiary/aromatic N) is 1. The number of hydrogen-bond acceptors (Lipinski definition) is 2. The van der Waals surface area contributed by atoms with Gasteiger partial charge in [0.1, 0.15) is 5.82 Å². The van der Waals surface area contributed by atoms with Gasteiger partial charge in [-0.05, 0) is 59.7 Å². The number of halogens is 1. The highest BCUT2D eigenvalue weighted by Crippen LogP contribution is 2.30. The maximum atomic E-state index is 13.3. The average Bonchev–Trinajstić information content (AvgIpc) is 2.69. The second-order valence-corrected chi connectivity index (χ2v) is 5.95. The average molecular weight is 340 g/mol. The normalized spacial score (nSPS) is 10.6. The van der Waals surface area contributed by atoms with Crippen LogP contribution >= 0.6 is 0 Å². The molecule has 0 saturated heterocycles. The van der Waals surface area contributed by atoms with Crippen LogP contribution in [0.15, 0.2) is 77.6 Å². The van der Waals surface area contributed by atoms with Crippen molar-refractivity contribution in [1.29, 1.82) is 5.26 Å². The third-order valence-electron chi connectivity index (χ3n) is 4.34. The van der Waals surface area contributed by atoms with Gasteiger partial charge >= 0.3 is 0 Å². The van der Waals surface area contributed by atoms with Crippen molar-refractivity contribution in [1.82, 2.24) is 4.98 Å². The predicted molar refractivity (Wildman–Crippen MR) is 100 cm³/mol. The number of H-pyrrole nitrogens is 1. The Morgan fingerprint density at radius 2 is 1.50 bits per heavy atom. The Hall–Kier alpha value is -3.71. The zero-order valence-electron chi connectivity index (χ0n) is 13.7. The molecule has 0 aliphatic heterocycles. The van der Waals surface area contributed by atoms with Crippen LogP contribution < -0.4 is 5.43 Å². The Bertz CT molecular complexity index is 1200. The van der Waals surface area contributed by atoms with Crippen molar-refractivity contribution in [3.8, 4) is 28.5 Å². The van der Waals surface area contributed by atoms with Crippen LogP contribution in [0.1, 0.15) is 5.56 Å². The minimum absolute atomic E-state index is 0.108. The van der Waals surface area contributed by atoms with Gasteiger partial charge in [-0.25, -0.2) is 4.39 Å².